The number of alkyl halides is 3. The summed E-state index contributed by atoms with van der Waals surface area (Å²) in [5.41, 5.74) is 6.78. The number of ether oxygens (including phenoxy) is 1. The Morgan fingerprint density at radius 3 is 2.50 bits per heavy atom. The molecule has 0 aliphatic heterocycles. The van der Waals surface area contributed by atoms with Gasteiger partial charge in [-0.25, -0.2) is 9.37 Å². The van der Waals surface area contributed by atoms with Crippen LogP contribution in [0.1, 0.15) is 41.9 Å². The minimum Gasteiger partial charge on any atom is -0.486 e. The molecule has 4 rings (SSSR count). The van der Waals surface area contributed by atoms with Gasteiger partial charge in [0.15, 0.2) is 11.6 Å². The Morgan fingerprint density at radius 1 is 1.07 bits per heavy atom. The number of aromatic nitrogens is 1. The molecule has 2 aromatic carbocycles. The van der Waals surface area contributed by atoms with Crippen molar-refractivity contribution in [1.82, 2.24) is 4.98 Å². The smallest absolute Gasteiger partial charge is 0.416 e. The van der Waals surface area contributed by atoms with E-state index in [1.54, 1.807) is 18.2 Å². The summed E-state index contributed by atoms with van der Waals surface area (Å²) in [4.78, 5) is 4.00. The van der Waals surface area contributed by atoms with Crippen LogP contribution in [0, 0.1) is 5.82 Å². The second kappa shape index (κ2) is 7.97. The molecule has 3 aromatic rings. The summed E-state index contributed by atoms with van der Waals surface area (Å²) in [6.07, 6.45) is -0.0407. The first-order valence-corrected chi connectivity index (χ1v) is 9.66. The van der Waals surface area contributed by atoms with Gasteiger partial charge in [-0.15, -0.1) is 0 Å². The lowest BCUT2D eigenvalue weighted by Crippen LogP contribution is -2.12. The van der Waals surface area contributed by atoms with E-state index in [4.69, 9.17) is 10.5 Å². The Bertz CT molecular complexity index is 1040. The second-order valence-corrected chi connectivity index (χ2v) is 7.43. The maximum atomic E-state index is 15.4. The summed E-state index contributed by atoms with van der Waals surface area (Å²) < 4.78 is 60.1. The summed E-state index contributed by atoms with van der Waals surface area (Å²) in [6, 6.07) is 11.6. The van der Waals surface area contributed by atoms with Gasteiger partial charge in [0.2, 0.25) is 0 Å². The molecule has 0 amide bonds. The van der Waals surface area contributed by atoms with Gasteiger partial charge >= 0.3 is 6.18 Å². The zero-order valence-electron chi connectivity index (χ0n) is 16.0. The van der Waals surface area contributed by atoms with Gasteiger partial charge in [0.1, 0.15) is 12.4 Å². The molecule has 0 atom stereocenters. The highest BCUT2D eigenvalue weighted by molar-refractivity contribution is 5.67. The first-order valence-electron chi connectivity index (χ1n) is 9.66. The van der Waals surface area contributed by atoms with Gasteiger partial charge in [0, 0.05) is 22.9 Å². The van der Waals surface area contributed by atoms with Gasteiger partial charge in [-0.1, -0.05) is 30.7 Å². The van der Waals surface area contributed by atoms with E-state index in [-0.39, 0.29) is 18.3 Å². The van der Waals surface area contributed by atoms with Gasteiger partial charge in [-0.05, 0) is 48.6 Å². The molecular formula is C23H20F4N2O. The van der Waals surface area contributed by atoms with Crippen molar-refractivity contribution >= 4 is 5.82 Å². The van der Waals surface area contributed by atoms with Crippen LogP contribution in [0.2, 0.25) is 0 Å². The van der Waals surface area contributed by atoms with E-state index >= 15 is 4.39 Å². The molecule has 1 aliphatic carbocycles. The number of halogens is 4. The van der Waals surface area contributed by atoms with Crippen LogP contribution in [-0.4, -0.2) is 4.98 Å². The highest BCUT2D eigenvalue weighted by Crippen LogP contribution is 2.44. The number of hydrogen-bond donors (Lipinski definition) is 1. The van der Waals surface area contributed by atoms with E-state index in [1.165, 1.54) is 18.3 Å². The largest absolute Gasteiger partial charge is 0.486 e. The van der Waals surface area contributed by atoms with Crippen LogP contribution in [0.4, 0.5) is 23.4 Å². The third-order valence-corrected chi connectivity index (χ3v) is 5.41. The van der Waals surface area contributed by atoms with Crippen molar-refractivity contribution in [2.45, 2.75) is 38.0 Å². The minimum atomic E-state index is -4.44. The highest BCUT2D eigenvalue weighted by atomic mass is 19.4. The quantitative estimate of drug-likeness (QED) is 0.494. The molecule has 2 N–H and O–H groups in total. The Hall–Kier alpha value is -3.09. The van der Waals surface area contributed by atoms with E-state index in [9.17, 15) is 13.2 Å². The molecule has 0 saturated heterocycles. The lowest BCUT2D eigenvalue weighted by molar-refractivity contribution is -0.137. The fourth-order valence-electron chi connectivity index (χ4n) is 3.54. The van der Waals surface area contributed by atoms with Gasteiger partial charge in [-0.3, -0.25) is 0 Å². The molecule has 1 saturated carbocycles. The molecule has 3 nitrogen and oxygen atoms in total. The molecule has 0 radical (unpaired) electrons. The van der Waals surface area contributed by atoms with Crippen molar-refractivity contribution in [1.29, 1.82) is 0 Å². The van der Waals surface area contributed by atoms with E-state index in [0.717, 1.165) is 37.0 Å². The molecule has 1 heterocycles. The predicted molar refractivity (Wildman–Crippen MR) is 106 cm³/mol. The van der Waals surface area contributed by atoms with Crippen molar-refractivity contribution in [2.75, 3.05) is 5.73 Å². The molecule has 7 heteroatoms. The summed E-state index contributed by atoms with van der Waals surface area (Å²) in [5.74, 6) is 0.0604. The standard InChI is InChI=1S/C23H20F4N2O/c24-21-18(16-7-10-20(28)29-12-16)8-9-19(15-4-2-5-15)22(21)30-13-14-3-1-6-17(11-14)23(25,26)27/h1,3,6-12,15H,2,4-5,13H2,(H2,28,29). The van der Waals surface area contributed by atoms with Gasteiger partial charge in [0.05, 0.1) is 5.56 Å². The molecule has 156 valence electrons. The number of nitrogen functional groups attached to an aromatic ring is 1. The zero-order chi connectivity index (χ0) is 21.3. The fraction of sp³-hybridized carbons (Fsp3) is 0.261. The van der Waals surface area contributed by atoms with Gasteiger partial charge in [0.25, 0.3) is 0 Å². The normalized spacial score (nSPS) is 14.4. The maximum absolute atomic E-state index is 15.4. The molecular weight excluding hydrogens is 396 g/mol. The van der Waals surface area contributed by atoms with Crippen molar-refractivity contribution in [3.63, 3.8) is 0 Å². The predicted octanol–water partition coefficient (Wildman–Crippen LogP) is 6.34. The lowest BCUT2D eigenvalue weighted by Gasteiger charge is -2.28. The van der Waals surface area contributed by atoms with Crippen LogP contribution >= 0.6 is 0 Å². The lowest BCUT2D eigenvalue weighted by atomic mass is 9.79. The Morgan fingerprint density at radius 2 is 1.87 bits per heavy atom. The summed E-state index contributed by atoms with van der Waals surface area (Å²) in [6.45, 7) is -0.163. The van der Waals surface area contributed by atoms with E-state index in [0.29, 0.717) is 22.5 Å². The van der Waals surface area contributed by atoms with Gasteiger partial charge < -0.3 is 10.5 Å². The fourth-order valence-corrected chi connectivity index (χ4v) is 3.54. The Kier molecular flexibility index (Phi) is 5.37. The molecule has 1 fully saturated rings. The molecule has 1 aliphatic rings. The monoisotopic (exact) mass is 416 g/mol. The van der Waals surface area contributed by atoms with E-state index in [2.05, 4.69) is 4.98 Å². The van der Waals surface area contributed by atoms with E-state index in [1.807, 2.05) is 6.07 Å². The van der Waals surface area contributed by atoms with Crippen LogP contribution in [0.3, 0.4) is 0 Å². The van der Waals surface area contributed by atoms with Crippen LogP contribution in [0.5, 0.6) is 5.75 Å². The molecule has 0 spiro atoms. The van der Waals surface area contributed by atoms with Crippen LogP contribution in [-0.2, 0) is 12.8 Å². The zero-order valence-corrected chi connectivity index (χ0v) is 16.0. The number of rotatable bonds is 5. The van der Waals surface area contributed by atoms with Crippen molar-refractivity contribution in [3.05, 3.63) is 77.2 Å². The molecule has 0 unspecified atom stereocenters. The van der Waals surface area contributed by atoms with Crippen LogP contribution < -0.4 is 10.5 Å². The molecule has 1 aromatic heterocycles. The third-order valence-electron chi connectivity index (χ3n) is 5.41. The third kappa shape index (κ3) is 4.10. The molecule has 0 bridgehead atoms. The SMILES string of the molecule is Nc1ccc(-c2ccc(C3CCC3)c(OCc3cccc(C(F)(F)F)c3)c2F)cn1. The van der Waals surface area contributed by atoms with Crippen molar-refractivity contribution < 1.29 is 22.3 Å². The average Bonchev–Trinajstić information content (AvgIpc) is 2.67. The minimum absolute atomic E-state index is 0.0893. The van der Waals surface area contributed by atoms with Crippen molar-refractivity contribution in [2.24, 2.45) is 0 Å². The molecule has 30 heavy (non-hydrogen) atoms. The number of benzene rings is 2. The Balaban J connectivity index is 1.67. The number of anilines is 1. The second-order valence-electron chi connectivity index (χ2n) is 7.43. The average molecular weight is 416 g/mol. The van der Waals surface area contributed by atoms with Gasteiger partial charge in [-0.2, -0.15) is 13.2 Å². The number of nitrogens with two attached hydrogens (primary N) is 1. The summed E-state index contributed by atoms with van der Waals surface area (Å²) >= 11 is 0. The highest BCUT2D eigenvalue weighted by Gasteiger charge is 2.30. The number of nitrogens with zero attached hydrogens (tertiary/aromatic N) is 1. The summed E-state index contributed by atoms with van der Waals surface area (Å²) in [5, 5.41) is 0. The Labute approximate surface area is 171 Å². The van der Waals surface area contributed by atoms with Crippen LogP contribution in [0.25, 0.3) is 11.1 Å². The van der Waals surface area contributed by atoms with Crippen LogP contribution in [0.15, 0.2) is 54.7 Å². The summed E-state index contributed by atoms with van der Waals surface area (Å²) in [7, 11) is 0. The topological polar surface area (TPSA) is 48.1 Å². The number of pyridine rings is 1. The maximum Gasteiger partial charge on any atom is 0.416 e. The first-order chi connectivity index (χ1) is 14.3. The van der Waals surface area contributed by atoms with Crippen molar-refractivity contribution in [3.8, 4) is 16.9 Å². The van der Waals surface area contributed by atoms with E-state index < -0.39 is 17.6 Å². The first kappa shape index (κ1) is 20.2. The number of hydrogen-bond acceptors (Lipinski definition) is 3.